The minimum absolute atomic E-state index is 0.951. The fraction of sp³-hybridized carbons (Fsp3) is 1.00. The molecule has 1 heteroatoms. The Kier molecular flexibility index (Phi) is 7.31. The zero-order valence-electron chi connectivity index (χ0n) is 13.6. The van der Waals surface area contributed by atoms with Gasteiger partial charge >= 0.3 is 111 Å². The quantitative estimate of drug-likeness (QED) is 0.457. The number of hydrogen-bond acceptors (Lipinski definition) is 0. The van der Waals surface area contributed by atoms with E-state index in [4.69, 9.17) is 0 Å². The third kappa shape index (κ3) is 6.23. The molecule has 17 heavy (non-hydrogen) atoms. The predicted molar refractivity (Wildman–Crippen MR) is 87.2 cm³/mol. The van der Waals surface area contributed by atoms with Gasteiger partial charge < -0.3 is 0 Å². The zero-order valence-corrected chi connectivity index (χ0v) is 14.4. The van der Waals surface area contributed by atoms with Crippen LogP contribution in [-0.4, -0.2) is 31.8 Å². The normalized spacial score (nSPS) is 18.4. The van der Waals surface area contributed by atoms with Gasteiger partial charge in [-0.15, -0.1) is 0 Å². The SMILES string of the molecule is CCCCC(C)P(C)(C)(C)CC(CC)CCC. The standard InChI is InChI=1S/C16H37P/c1-8-11-13-15(4)17(5,6,7)14-16(10-3)12-9-2/h15-16H,8-14H2,1-7H3. The van der Waals surface area contributed by atoms with Crippen molar-refractivity contribution in [2.45, 2.75) is 71.9 Å². The van der Waals surface area contributed by atoms with E-state index in [0.29, 0.717) is 0 Å². The Balaban J connectivity index is 4.56. The van der Waals surface area contributed by atoms with E-state index < -0.39 is 6.60 Å². The van der Waals surface area contributed by atoms with Crippen molar-refractivity contribution in [1.29, 1.82) is 0 Å². The van der Waals surface area contributed by atoms with Gasteiger partial charge in [0, 0.05) is 0 Å². The molecule has 0 aromatic heterocycles. The third-order valence-corrected chi connectivity index (χ3v) is 10.1. The molecular formula is C16H37P. The fourth-order valence-electron chi connectivity index (χ4n) is 2.91. The van der Waals surface area contributed by atoms with E-state index in [1.54, 1.807) is 0 Å². The molecule has 0 saturated heterocycles. The first-order chi connectivity index (χ1) is 7.75. The molecule has 2 unspecified atom stereocenters. The zero-order chi connectivity index (χ0) is 13.6. The molecule has 0 fully saturated rings. The fourth-order valence-corrected chi connectivity index (χ4v) is 6.70. The average Bonchev–Trinajstić information content (AvgIpc) is 2.24. The van der Waals surface area contributed by atoms with Crippen molar-refractivity contribution < 1.29 is 0 Å². The Morgan fingerprint density at radius 2 is 1.47 bits per heavy atom. The van der Waals surface area contributed by atoms with Gasteiger partial charge in [-0.3, -0.25) is 0 Å². The van der Waals surface area contributed by atoms with Crippen LogP contribution in [0.4, 0.5) is 0 Å². The summed E-state index contributed by atoms with van der Waals surface area (Å²) >= 11 is 0. The first-order valence-electron chi connectivity index (χ1n) is 7.75. The summed E-state index contributed by atoms with van der Waals surface area (Å²) in [5, 5.41) is 0. The monoisotopic (exact) mass is 260 g/mol. The number of hydrogen-bond donors (Lipinski definition) is 0. The van der Waals surface area contributed by atoms with Crippen LogP contribution in [0, 0.1) is 5.92 Å². The summed E-state index contributed by atoms with van der Waals surface area (Å²) < 4.78 is 0. The molecule has 0 bridgehead atoms. The van der Waals surface area contributed by atoms with Gasteiger partial charge in [-0.1, -0.05) is 0 Å². The van der Waals surface area contributed by atoms with Crippen molar-refractivity contribution in [3.05, 3.63) is 0 Å². The third-order valence-electron chi connectivity index (χ3n) is 4.80. The second-order valence-corrected chi connectivity index (χ2v) is 15.2. The van der Waals surface area contributed by atoms with Crippen LogP contribution in [0.3, 0.4) is 0 Å². The molecule has 0 saturated carbocycles. The molecule has 0 aliphatic heterocycles. The van der Waals surface area contributed by atoms with Gasteiger partial charge in [0.1, 0.15) is 0 Å². The van der Waals surface area contributed by atoms with Crippen LogP contribution < -0.4 is 0 Å². The molecule has 0 heterocycles. The van der Waals surface area contributed by atoms with Crippen molar-refractivity contribution in [3.63, 3.8) is 0 Å². The first kappa shape index (κ1) is 17.4. The molecule has 0 nitrogen and oxygen atoms in total. The summed E-state index contributed by atoms with van der Waals surface area (Å²) in [5.74, 6) is 0.974. The van der Waals surface area contributed by atoms with Crippen LogP contribution in [0.1, 0.15) is 66.2 Å². The molecule has 0 aromatic rings. The van der Waals surface area contributed by atoms with E-state index in [1.807, 2.05) is 0 Å². The Morgan fingerprint density at radius 3 is 1.88 bits per heavy atom. The first-order valence-corrected chi connectivity index (χ1v) is 11.6. The van der Waals surface area contributed by atoms with E-state index >= 15 is 0 Å². The van der Waals surface area contributed by atoms with Crippen molar-refractivity contribution in [3.8, 4) is 0 Å². The maximum absolute atomic E-state index is 2.63. The molecule has 0 spiro atoms. The van der Waals surface area contributed by atoms with Gasteiger partial charge in [-0.25, -0.2) is 0 Å². The molecular weight excluding hydrogens is 223 g/mol. The van der Waals surface area contributed by atoms with Crippen molar-refractivity contribution in [1.82, 2.24) is 0 Å². The summed E-state index contributed by atoms with van der Waals surface area (Å²) in [4.78, 5) is 0. The second-order valence-electron chi connectivity index (χ2n) is 7.48. The van der Waals surface area contributed by atoms with Gasteiger partial charge in [0.05, 0.1) is 0 Å². The molecule has 0 N–H and O–H groups in total. The summed E-state index contributed by atoms with van der Waals surface area (Å²) in [6.07, 6.45) is 9.89. The van der Waals surface area contributed by atoms with E-state index in [-0.39, 0.29) is 0 Å². The van der Waals surface area contributed by atoms with Crippen LogP contribution in [0.15, 0.2) is 0 Å². The molecule has 0 rings (SSSR count). The summed E-state index contributed by atoms with van der Waals surface area (Å²) in [6, 6.07) is 0. The Morgan fingerprint density at radius 1 is 0.882 bits per heavy atom. The summed E-state index contributed by atoms with van der Waals surface area (Å²) in [7, 11) is 0. The Labute approximate surface area is 111 Å². The average molecular weight is 260 g/mol. The van der Waals surface area contributed by atoms with Crippen molar-refractivity contribution >= 4 is 6.60 Å². The molecule has 0 amide bonds. The number of unbranched alkanes of at least 4 members (excludes halogenated alkanes) is 1. The predicted octanol–water partition coefficient (Wildman–Crippen LogP) is 5.83. The molecule has 0 aromatic carbocycles. The van der Waals surface area contributed by atoms with Crippen LogP contribution in [0.25, 0.3) is 0 Å². The van der Waals surface area contributed by atoms with Crippen LogP contribution in [-0.2, 0) is 0 Å². The Hall–Kier alpha value is 0.430. The summed E-state index contributed by atoms with van der Waals surface area (Å²) in [5.41, 5.74) is 0.951. The van der Waals surface area contributed by atoms with Crippen LogP contribution in [0.5, 0.6) is 0 Å². The topological polar surface area (TPSA) is 0 Å². The van der Waals surface area contributed by atoms with Gasteiger partial charge in [-0.2, -0.15) is 0 Å². The van der Waals surface area contributed by atoms with Gasteiger partial charge in [-0.05, 0) is 0 Å². The maximum atomic E-state index is 2.63. The van der Waals surface area contributed by atoms with Crippen LogP contribution >= 0.6 is 6.60 Å². The molecule has 2 atom stereocenters. The summed E-state index contributed by atoms with van der Waals surface area (Å²) in [6.45, 7) is 16.0. The van der Waals surface area contributed by atoms with Crippen LogP contribution in [0.2, 0.25) is 0 Å². The van der Waals surface area contributed by atoms with E-state index in [9.17, 15) is 0 Å². The second kappa shape index (κ2) is 7.13. The van der Waals surface area contributed by atoms with Crippen molar-refractivity contribution in [2.24, 2.45) is 5.92 Å². The van der Waals surface area contributed by atoms with Crippen molar-refractivity contribution in [2.75, 3.05) is 26.2 Å². The molecule has 0 aliphatic rings. The van der Waals surface area contributed by atoms with E-state index in [2.05, 4.69) is 47.7 Å². The van der Waals surface area contributed by atoms with Gasteiger partial charge in [0.25, 0.3) is 0 Å². The number of rotatable bonds is 9. The van der Waals surface area contributed by atoms with E-state index in [1.165, 1.54) is 44.7 Å². The van der Waals surface area contributed by atoms with E-state index in [0.717, 1.165) is 11.6 Å². The molecule has 106 valence electrons. The molecule has 0 radical (unpaired) electrons. The molecule has 0 aliphatic carbocycles. The minimum atomic E-state index is -1.44. The van der Waals surface area contributed by atoms with Gasteiger partial charge in [0.2, 0.25) is 0 Å². The Bertz CT molecular complexity index is 199. The van der Waals surface area contributed by atoms with Gasteiger partial charge in [0.15, 0.2) is 0 Å².